The number of rotatable bonds is 2. The highest BCUT2D eigenvalue weighted by Crippen LogP contribution is 2.26. The van der Waals surface area contributed by atoms with Crippen LogP contribution in [-0.4, -0.2) is 24.5 Å². The van der Waals surface area contributed by atoms with Gasteiger partial charge < -0.3 is 0 Å². The molecule has 1 aliphatic heterocycles. The van der Waals surface area contributed by atoms with E-state index in [2.05, 4.69) is 43.3 Å². The summed E-state index contributed by atoms with van der Waals surface area (Å²) in [5.74, 6) is 0. The number of hydrogen-bond donors (Lipinski definition) is 0. The Bertz CT molecular complexity index is 351. The van der Waals surface area contributed by atoms with Crippen LogP contribution in [0.5, 0.6) is 0 Å². The van der Waals surface area contributed by atoms with Gasteiger partial charge in [0.2, 0.25) is 0 Å². The van der Waals surface area contributed by atoms with Crippen LogP contribution in [0.25, 0.3) is 0 Å². The van der Waals surface area contributed by atoms with E-state index in [9.17, 15) is 0 Å². The molecular formula is C13H19NS. The summed E-state index contributed by atoms with van der Waals surface area (Å²) in [5, 5.41) is 2.17. The van der Waals surface area contributed by atoms with Crippen molar-refractivity contribution >= 4 is 11.3 Å². The Labute approximate surface area is 96.4 Å². The van der Waals surface area contributed by atoms with E-state index in [0.29, 0.717) is 6.04 Å². The van der Waals surface area contributed by atoms with Gasteiger partial charge in [-0.15, -0.1) is 11.3 Å². The molecule has 0 aliphatic carbocycles. The molecule has 0 saturated heterocycles. The minimum atomic E-state index is 0.623. The molecule has 2 heteroatoms. The van der Waals surface area contributed by atoms with E-state index in [0.717, 1.165) is 0 Å². The Morgan fingerprint density at radius 1 is 1.47 bits per heavy atom. The zero-order chi connectivity index (χ0) is 10.8. The fourth-order valence-corrected chi connectivity index (χ4v) is 2.98. The molecule has 0 spiro atoms. The van der Waals surface area contributed by atoms with Crippen LogP contribution in [0.2, 0.25) is 0 Å². The van der Waals surface area contributed by atoms with E-state index < -0.39 is 0 Å². The van der Waals surface area contributed by atoms with Crippen molar-refractivity contribution in [3.63, 3.8) is 0 Å². The van der Waals surface area contributed by atoms with Gasteiger partial charge in [-0.2, -0.15) is 0 Å². The molecule has 0 fully saturated rings. The van der Waals surface area contributed by atoms with E-state index in [1.165, 1.54) is 24.3 Å². The molecule has 15 heavy (non-hydrogen) atoms. The lowest BCUT2D eigenvalue weighted by molar-refractivity contribution is 0.256. The first-order valence-electron chi connectivity index (χ1n) is 5.57. The number of likely N-dealkylation sites (N-methyl/N-ethyl adjacent to an activating group) is 1. The lowest BCUT2D eigenvalue weighted by Gasteiger charge is -2.34. The average Bonchev–Trinajstić information content (AvgIpc) is 2.71. The summed E-state index contributed by atoms with van der Waals surface area (Å²) in [7, 11) is 2.24. The maximum atomic E-state index is 2.49. The third-order valence-electron chi connectivity index (χ3n) is 3.52. The van der Waals surface area contributed by atoms with Gasteiger partial charge in [-0.05, 0) is 38.8 Å². The lowest BCUT2D eigenvalue weighted by atomic mass is 9.93. The molecule has 1 nitrogen and oxygen atoms in total. The first-order valence-corrected chi connectivity index (χ1v) is 6.45. The Morgan fingerprint density at radius 2 is 2.27 bits per heavy atom. The van der Waals surface area contributed by atoms with Crippen molar-refractivity contribution in [2.75, 3.05) is 13.6 Å². The smallest absolute Gasteiger partial charge is 0.0352 e. The highest BCUT2D eigenvalue weighted by atomic mass is 32.1. The minimum Gasteiger partial charge on any atom is -0.299 e. The van der Waals surface area contributed by atoms with Crippen molar-refractivity contribution < 1.29 is 0 Å². The molecule has 0 aromatic carbocycles. The topological polar surface area (TPSA) is 3.24 Å². The van der Waals surface area contributed by atoms with Gasteiger partial charge in [-0.25, -0.2) is 0 Å². The second-order valence-corrected chi connectivity index (χ2v) is 5.53. The summed E-state index contributed by atoms with van der Waals surface area (Å²) in [4.78, 5) is 3.99. The van der Waals surface area contributed by atoms with Gasteiger partial charge in [0.15, 0.2) is 0 Å². The molecule has 1 atom stereocenters. The Morgan fingerprint density at radius 3 is 2.93 bits per heavy atom. The quantitative estimate of drug-likeness (QED) is 0.692. The molecule has 0 saturated carbocycles. The molecule has 1 aromatic rings. The van der Waals surface area contributed by atoms with Crippen LogP contribution in [0.1, 0.15) is 25.1 Å². The molecular weight excluding hydrogens is 202 g/mol. The summed E-state index contributed by atoms with van der Waals surface area (Å²) in [6.07, 6.45) is 2.42. The van der Waals surface area contributed by atoms with E-state index in [-0.39, 0.29) is 0 Å². The van der Waals surface area contributed by atoms with Crippen LogP contribution in [-0.2, 0) is 6.42 Å². The molecule has 0 radical (unpaired) electrons. The highest BCUT2D eigenvalue weighted by molar-refractivity contribution is 7.09. The molecule has 1 aliphatic rings. The monoisotopic (exact) mass is 221 g/mol. The number of thiophene rings is 1. The van der Waals surface area contributed by atoms with Gasteiger partial charge >= 0.3 is 0 Å². The van der Waals surface area contributed by atoms with Crippen molar-refractivity contribution in [2.24, 2.45) is 0 Å². The summed E-state index contributed by atoms with van der Waals surface area (Å²) in [6.45, 7) is 5.78. The van der Waals surface area contributed by atoms with Gasteiger partial charge in [0.1, 0.15) is 0 Å². The highest BCUT2D eigenvalue weighted by Gasteiger charge is 2.22. The van der Waals surface area contributed by atoms with Crippen molar-refractivity contribution in [3.8, 4) is 0 Å². The van der Waals surface area contributed by atoms with Gasteiger partial charge in [-0.3, -0.25) is 4.90 Å². The first-order chi connectivity index (χ1) is 7.18. The standard InChI is InChI=1S/C13H19NS/c1-10-6-7-14(3)13(11(10)2)9-12-5-4-8-15-12/h4-5,8,13H,6-7,9H2,1-3H3. The largest absolute Gasteiger partial charge is 0.299 e. The molecule has 0 amide bonds. The predicted octanol–water partition coefficient (Wildman–Crippen LogP) is 3.33. The molecule has 0 bridgehead atoms. The average molecular weight is 221 g/mol. The van der Waals surface area contributed by atoms with Gasteiger partial charge in [0, 0.05) is 23.9 Å². The second kappa shape index (κ2) is 4.50. The number of hydrogen-bond acceptors (Lipinski definition) is 2. The Balaban J connectivity index is 2.16. The van der Waals surface area contributed by atoms with Crippen LogP contribution >= 0.6 is 11.3 Å². The van der Waals surface area contributed by atoms with Gasteiger partial charge in [-0.1, -0.05) is 17.2 Å². The molecule has 2 heterocycles. The van der Waals surface area contributed by atoms with Crippen LogP contribution in [0.3, 0.4) is 0 Å². The van der Waals surface area contributed by atoms with Crippen molar-refractivity contribution in [2.45, 2.75) is 32.7 Å². The number of nitrogens with zero attached hydrogens (tertiary/aromatic N) is 1. The molecule has 1 aromatic heterocycles. The van der Waals surface area contributed by atoms with Crippen LogP contribution in [0, 0.1) is 0 Å². The Kier molecular flexibility index (Phi) is 3.27. The van der Waals surface area contributed by atoms with Crippen molar-refractivity contribution in [3.05, 3.63) is 33.5 Å². The maximum absolute atomic E-state index is 2.49. The van der Waals surface area contributed by atoms with E-state index in [4.69, 9.17) is 0 Å². The third kappa shape index (κ3) is 2.32. The second-order valence-electron chi connectivity index (χ2n) is 4.49. The Hall–Kier alpha value is -0.600. The predicted molar refractivity (Wildman–Crippen MR) is 67.4 cm³/mol. The third-order valence-corrected chi connectivity index (χ3v) is 4.42. The van der Waals surface area contributed by atoms with E-state index in [1.807, 2.05) is 11.3 Å². The van der Waals surface area contributed by atoms with Gasteiger partial charge in [0.05, 0.1) is 0 Å². The molecule has 82 valence electrons. The van der Waals surface area contributed by atoms with Crippen LogP contribution < -0.4 is 0 Å². The molecule has 0 N–H and O–H groups in total. The molecule has 2 rings (SSSR count). The zero-order valence-electron chi connectivity index (χ0n) is 9.79. The SMILES string of the molecule is CC1=C(C)C(Cc2cccs2)N(C)CC1. The maximum Gasteiger partial charge on any atom is 0.0352 e. The van der Waals surface area contributed by atoms with Crippen molar-refractivity contribution in [1.29, 1.82) is 0 Å². The fraction of sp³-hybridized carbons (Fsp3) is 0.538. The van der Waals surface area contributed by atoms with Crippen LogP contribution in [0.4, 0.5) is 0 Å². The lowest BCUT2D eigenvalue weighted by Crippen LogP contribution is -2.38. The first kappa shape index (κ1) is 10.9. The summed E-state index contributed by atoms with van der Waals surface area (Å²) < 4.78 is 0. The normalized spacial score (nSPS) is 23.5. The summed E-state index contributed by atoms with van der Waals surface area (Å²) >= 11 is 1.87. The van der Waals surface area contributed by atoms with E-state index >= 15 is 0 Å². The van der Waals surface area contributed by atoms with E-state index in [1.54, 1.807) is 11.1 Å². The minimum absolute atomic E-state index is 0.623. The summed E-state index contributed by atoms with van der Waals surface area (Å²) in [6, 6.07) is 5.02. The van der Waals surface area contributed by atoms with Crippen molar-refractivity contribution in [1.82, 2.24) is 4.90 Å². The van der Waals surface area contributed by atoms with Gasteiger partial charge in [0.25, 0.3) is 0 Å². The zero-order valence-corrected chi connectivity index (χ0v) is 10.6. The fourth-order valence-electron chi connectivity index (χ4n) is 2.24. The summed E-state index contributed by atoms with van der Waals surface area (Å²) in [5.41, 5.74) is 3.17. The molecule has 1 unspecified atom stereocenters. The van der Waals surface area contributed by atoms with Crippen LogP contribution in [0.15, 0.2) is 28.7 Å².